The van der Waals surface area contributed by atoms with Gasteiger partial charge in [-0.15, -0.1) is 0 Å². The number of amides is 3. The van der Waals surface area contributed by atoms with Crippen LogP contribution in [0.3, 0.4) is 0 Å². The van der Waals surface area contributed by atoms with Crippen LogP contribution in [0.25, 0.3) is 0 Å². The zero-order valence-electron chi connectivity index (χ0n) is 22.9. The third kappa shape index (κ3) is 7.20. The molecule has 2 saturated heterocycles. The van der Waals surface area contributed by atoms with Crippen LogP contribution in [-0.4, -0.2) is 80.1 Å². The van der Waals surface area contributed by atoms with Gasteiger partial charge in [0.05, 0.1) is 11.4 Å². The third-order valence-electron chi connectivity index (χ3n) is 7.31. The van der Waals surface area contributed by atoms with Gasteiger partial charge in [0.2, 0.25) is 0 Å². The lowest BCUT2D eigenvalue weighted by Crippen LogP contribution is -2.46. The summed E-state index contributed by atoms with van der Waals surface area (Å²) in [6.07, 6.45) is 0.0801. The van der Waals surface area contributed by atoms with Crippen molar-refractivity contribution in [2.24, 2.45) is 0 Å². The number of nitrogens with zero attached hydrogens (tertiary/aromatic N) is 3. The molecule has 3 amide bonds. The first kappa shape index (κ1) is 28.1. The van der Waals surface area contributed by atoms with Crippen LogP contribution in [0.5, 0.6) is 0 Å². The zero-order valence-corrected chi connectivity index (χ0v) is 22.9. The van der Waals surface area contributed by atoms with E-state index in [4.69, 9.17) is 4.74 Å². The lowest BCUT2D eigenvalue weighted by Gasteiger charge is -2.29. The fraction of sp³-hybridized carbons (Fsp3) is 0.323. The average molecular weight is 560 g/mol. The molecule has 3 aromatic rings. The predicted octanol–water partition coefficient (Wildman–Crippen LogP) is 3.97. The molecule has 0 radical (unpaired) electrons. The Morgan fingerprint density at radius 1 is 0.780 bits per heavy atom. The second-order valence-corrected chi connectivity index (χ2v) is 10.1. The predicted molar refractivity (Wildman–Crippen MR) is 155 cm³/mol. The van der Waals surface area contributed by atoms with Crippen molar-refractivity contribution in [2.75, 3.05) is 62.6 Å². The second kappa shape index (κ2) is 13.3. The SMILES string of the molecule is O=C(Nc1cc(C(=O)N2CCNCC2)ccc1N1CCCN(C(=O)c2ccc(F)cc2)CC1)OCc1ccccc1. The number of nitrogens with one attached hydrogen (secondary N) is 2. The van der Waals surface area contributed by atoms with E-state index in [0.717, 1.165) is 24.3 Å². The molecule has 0 aliphatic carbocycles. The minimum absolute atomic E-state index is 0.0920. The Bertz CT molecular complexity index is 1360. The normalized spacial score (nSPS) is 15.7. The molecule has 5 rings (SSSR count). The molecule has 2 aliphatic rings. The molecule has 9 nitrogen and oxygen atoms in total. The third-order valence-corrected chi connectivity index (χ3v) is 7.31. The van der Waals surface area contributed by atoms with Gasteiger partial charge in [0.1, 0.15) is 12.4 Å². The van der Waals surface area contributed by atoms with Crippen LogP contribution in [0.2, 0.25) is 0 Å². The highest BCUT2D eigenvalue weighted by Gasteiger charge is 2.24. The fourth-order valence-electron chi connectivity index (χ4n) is 5.10. The van der Waals surface area contributed by atoms with Gasteiger partial charge in [0, 0.05) is 63.5 Å². The average Bonchev–Trinajstić information content (AvgIpc) is 3.27. The van der Waals surface area contributed by atoms with Crippen LogP contribution in [0, 0.1) is 5.82 Å². The summed E-state index contributed by atoms with van der Waals surface area (Å²) in [6, 6.07) is 20.3. The van der Waals surface area contributed by atoms with Gasteiger partial charge in [-0.1, -0.05) is 30.3 Å². The van der Waals surface area contributed by atoms with E-state index < -0.39 is 6.09 Å². The van der Waals surface area contributed by atoms with E-state index in [1.54, 1.807) is 21.9 Å². The fourth-order valence-corrected chi connectivity index (χ4v) is 5.10. The van der Waals surface area contributed by atoms with E-state index in [1.165, 1.54) is 24.3 Å². The Morgan fingerprint density at radius 2 is 1.46 bits per heavy atom. The summed E-state index contributed by atoms with van der Waals surface area (Å²) in [4.78, 5) is 44.8. The number of hydrogen-bond donors (Lipinski definition) is 2. The number of halogens is 1. The first-order chi connectivity index (χ1) is 20.0. The smallest absolute Gasteiger partial charge is 0.412 e. The number of rotatable bonds is 6. The summed E-state index contributed by atoms with van der Waals surface area (Å²) in [6.45, 7) is 5.00. The summed E-state index contributed by atoms with van der Waals surface area (Å²) in [5.41, 5.74) is 3.01. The van der Waals surface area contributed by atoms with Gasteiger partial charge in [0.25, 0.3) is 11.8 Å². The topological polar surface area (TPSA) is 94.2 Å². The Hall–Kier alpha value is -4.44. The minimum atomic E-state index is -0.621. The summed E-state index contributed by atoms with van der Waals surface area (Å²) in [5, 5.41) is 6.11. The molecule has 0 bridgehead atoms. The number of anilines is 2. The minimum Gasteiger partial charge on any atom is -0.444 e. The maximum Gasteiger partial charge on any atom is 0.412 e. The first-order valence-electron chi connectivity index (χ1n) is 13.9. The lowest BCUT2D eigenvalue weighted by atomic mass is 10.1. The van der Waals surface area contributed by atoms with E-state index in [1.807, 2.05) is 36.4 Å². The van der Waals surface area contributed by atoms with Crippen LogP contribution < -0.4 is 15.5 Å². The molecule has 0 unspecified atom stereocenters. The molecule has 2 heterocycles. The van der Waals surface area contributed by atoms with Crippen molar-refractivity contribution >= 4 is 29.3 Å². The van der Waals surface area contributed by atoms with E-state index in [2.05, 4.69) is 15.5 Å². The van der Waals surface area contributed by atoms with Crippen molar-refractivity contribution in [3.63, 3.8) is 0 Å². The Kier molecular flexibility index (Phi) is 9.10. The lowest BCUT2D eigenvalue weighted by molar-refractivity contribution is 0.0734. The van der Waals surface area contributed by atoms with Gasteiger partial charge >= 0.3 is 6.09 Å². The number of carbonyl (C=O) groups is 3. The van der Waals surface area contributed by atoms with Crippen molar-refractivity contribution < 1.29 is 23.5 Å². The molecule has 3 aromatic carbocycles. The van der Waals surface area contributed by atoms with Crippen molar-refractivity contribution in [2.45, 2.75) is 13.0 Å². The standard InChI is InChI=1S/C31H34FN5O4/c32-26-10-7-24(8-11-26)29(38)36-16-4-15-35(19-20-36)28-12-9-25(30(39)37-17-13-33-14-18-37)21-27(28)34-31(40)41-22-23-5-2-1-3-6-23/h1-3,5-12,21,33H,4,13-20,22H2,(H,34,40). The van der Waals surface area contributed by atoms with E-state index >= 15 is 0 Å². The number of hydrogen-bond acceptors (Lipinski definition) is 6. The molecule has 2 fully saturated rings. The van der Waals surface area contributed by atoms with Crippen molar-refractivity contribution in [1.29, 1.82) is 0 Å². The molecule has 0 spiro atoms. The number of benzene rings is 3. The van der Waals surface area contributed by atoms with E-state index in [9.17, 15) is 18.8 Å². The number of ether oxygens (including phenoxy) is 1. The second-order valence-electron chi connectivity index (χ2n) is 10.1. The highest BCUT2D eigenvalue weighted by molar-refractivity contribution is 5.99. The summed E-state index contributed by atoms with van der Waals surface area (Å²) in [5.74, 6) is -0.623. The van der Waals surface area contributed by atoms with E-state index in [-0.39, 0.29) is 24.2 Å². The Balaban J connectivity index is 1.33. The Morgan fingerprint density at radius 3 is 2.22 bits per heavy atom. The van der Waals surface area contributed by atoms with Crippen LogP contribution in [-0.2, 0) is 11.3 Å². The first-order valence-corrected chi connectivity index (χ1v) is 13.9. The Labute approximate surface area is 238 Å². The largest absolute Gasteiger partial charge is 0.444 e. The van der Waals surface area contributed by atoms with Crippen LogP contribution >= 0.6 is 0 Å². The van der Waals surface area contributed by atoms with Crippen molar-refractivity contribution in [3.05, 3.63) is 95.3 Å². The molecule has 10 heteroatoms. The molecular weight excluding hydrogens is 525 g/mol. The van der Waals surface area contributed by atoms with Gasteiger partial charge in [-0.3, -0.25) is 14.9 Å². The quantitative estimate of drug-likeness (QED) is 0.475. The summed E-state index contributed by atoms with van der Waals surface area (Å²) in [7, 11) is 0. The number of piperazine rings is 1. The molecule has 0 atom stereocenters. The maximum absolute atomic E-state index is 13.3. The van der Waals surface area contributed by atoms with Gasteiger partial charge < -0.3 is 24.8 Å². The summed E-state index contributed by atoms with van der Waals surface area (Å²) >= 11 is 0. The molecule has 41 heavy (non-hydrogen) atoms. The monoisotopic (exact) mass is 559 g/mol. The van der Waals surface area contributed by atoms with Crippen LogP contribution in [0.15, 0.2) is 72.8 Å². The van der Waals surface area contributed by atoms with Crippen LogP contribution in [0.4, 0.5) is 20.6 Å². The maximum atomic E-state index is 13.3. The number of carbonyl (C=O) groups excluding carboxylic acids is 3. The highest BCUT2D eigenvalue weighted by atomic mass is 19.1. The van der Waals surface area contributed by atoms with Crippen molar-refractivity contribution in [3.8, 4) is 0 Å². The molecule has 0 saturated carbocycles. The molecule has 214 valence electrons. The highest BCUT2D eigenvalue weighted by Crippen LogP contribution is 2.29. The molecule has 2 N–H and O–H groups in total. The summed E-state index contributed by atoms with van der Waals surface area (Å²) < 4.78 is 18.8. The molecule has 2 aliphatic heterocycles. The van der Waals surface area contributed by atoms with Crippen LogP contribution in [0.1, 0.15) is 32.7 Å². The van der Waals surface area contributed by atoms with Crippen molar-refractivity contribution in [1.82, 2.24) is 15.1 Å². The zero-order chi connectivity index (χ0) is 28.6. The van der Waals surface area contributed by atoms with Gasteiger partial charge in [-0.2, -0.15) is 0 Å². The molecule has 0 aromatic heterocycles. The van der Waals surface area contributed by atoms with Gasteiger partial charge in [0.15, 0.2) is 0 Å². The molecular formula is C31H34FN5O4. The van der Waals surface area contributed by atoms with E-state index in [0.29, 0.717) is 62.5 Å². The van der Waals surface area contributed by atoms with Gasteiger partial charge in [-0.25, -0.2) is 9.18 Å². The van der Waals surface area contributed by atoms with Gasteiger partial charge in [-0.05, 0) is 54.4 Å².